The number of aliphatic hydroxyl groups excluding tert-OH is 1. The molecule has 0 amide bonds. The van der Waals surface area contributed by atoms with Crippen LogP contribution in [0.4, 0.5) is 11.4 Å². The minimum absolute atomic E-state index is 0.0746. The summed E-state index contributed by atoms with van der Waals surface area (Å²) in [6.45, 7) is 4.03. The number of nitro benzene ring substituents is 1. The first-order valence-corrected chi connectivity index (χ1v) is 5.08. The lowest BCUT2D eigenvalue weighted by molar-refractivity contribution is -0.384. The van der Waals surface area contributed by atoms with Crippen molar-refractivity contribution >= 4 is 11.4 Å². The van der Waals surface area contributed by atoms with Gasteiger partial charge in [0.15, 0.2) is 0 Å². The van der Waals surface area contributed by atoms with Gasteiger partial charge in [-0.05, 0) is 32.4 Å². The Morgan fingerprint density at radius 1 is 1.38 bits per heavy atom. The smallest absolute Gasteiger partial charge is 0.269 e. The molecular weight excluding hydrogens is 208 g/mol. The van der Waals surface area contributed by atoms with E-state index in [1.54, 1.807) is 12.1 Å². The Hall–Kier alpha value is -1.62. The molecule has 1 aromatic carbocycles. The molecule has 0 spiro atoms. The van der Waals surface area contributed by atoms with Crippen LogP contribution in [0.25, 0.3) is 0 Å². The predicted molar refractivity (Wildman–Crippen MR) is 62.5 cm³/mol. The zero-order valence-corrected chi connectivity index (χ0v) is 9.43. The molecule has 0 atom stereocenters. The summed E-state index contributed by atoms with van der Waals surface area (Å²) in [7, 11) is 0. The van der Waals surface area contributed by atoms with Crippen LogP contribution >= 0.6 is 0 Å². The van der Waals surface area contributed by atoms with E-state index in [4.69, 9.17) is 5.11 Å². The molecule has 1 rings (SSSR count). The third-order valence-electron chi connectivity index (χ3n) is 2.30. The van der Waals surface area contributed by atoms with Gasteiger partial charge in [-0.1, -0.05) is 0 Å². The van der Waals surface area contributed by atoms with Crippen LogP contribution in [0.15, 0.2) is 24.3 Å². The van der Waals surface area contributed by atoms with E-state index < -0.39 is 4.92 Å². The minimum Gasteiger partial charge on any atom is -0.396 e. The van der Waals surface area contributed by atoms with E-state index >= 15 is 0 Å². The van der Waals surface area contributed by atoms with Gasteiger partial charge in [-0.25, -0.2) is 0 Å². The van der Waals surface area contributed by atoms with Crippen molar-refractivity contribution in [3.8, 4) is 0 Å². The van der Waals surface area contributed by atoms with Crippen LogP contribution in [0.3, 0.4) is 0 Å². The number of non-ortho nitro benzene ring substituents is 1. The highest BCUT2D eigenvalue weighted by Gasteiger charge is 2.16. The molecule has 5 heteroatoms. The van der Waals surface area contributed by atoms with Crippen molar-refractivity contribution in [1.82, 2.24) is 0 Å². The molecule has 0 aliphatic rings. The number of rotatable bonds is 5. The summed E-state index contributed by atoms with van der Waals surface area (Å²) in [5, 5.41) is 22.5. The Morgan fingerprint density at radius 2 is 1.94 bits per heavy atom. The van der Waals surface area contributed by atoms with E-state index in [0.29, 0.717) is 6.42 Å². The summed E-state index contributed by atoms with van der Waals surface area (Å²) in [6.07, 6.45) is 0.615. The number of hydrogen-bond acceptors (Lipinski definition) is 4. The Kier molecular flexibility index (Phi) is 3.84. The average molecular weight is 224 g/mol. The van der Waals surface area contributed by atoms with Gasteiger partial charge < -0.3 is 10.4 Å². The summed E-state index contributed by atoms with van der Waals surface area (Å²) < 4.78 is 0. The SMILES string of the molecule is CC(C)(CCO)Nc1ccc([N+](=O)[O-])cc1. The zero-order valence-electron chi connectivity index (χ0n) is 9.43. The third-order valence-corrected chi connectivity index (χ3v) is 2.30. The minimum atomic E-state index is -0.428. The molecule has 0 aliphatic carbocycles. The van der Waals surface area contributed by atoms with E-state index in [0.717, 1.165) is 5.69 Å². The van der Waals surface area contributed by atoms with Gasteiger partial charge in [-0.2, -0.15) is 0 Å². The highest BCUT2D eigenvalue weighted by molar-refractivity contribution is 5.49. The number of nitro groups is 1. The van der Waals surface area contributed by atoms with Crippen molar-refractivity contribution in [1.29, 1.82) is 0 Å². The Morgan fingerprint density at radius 3 is 2.38 bits per heavy atom. The lowest BCUT2D eigenvalue weighted by Crippen LogP contribution is -2.31. The molecule has 0 aliphatic heterocycles. The molecule has 2 N–H and O–H groups in total. The standard InChI is InChI=1S/C11H16N2O3/c1-11(2,7-8-14)12-9-3-5-10(6-4-9)13(15)16/h3-6,12,14H,7-8H2,1-2H3. The van der Waals surface area contributed by atoms with Crippen molar-refractivity contribution in [2.45, 2.75) is 25.8 Å². The van der Waals surface area contributed by atoms with Crippen LogP contribution in [-0.4, -0.2) is 22.2 Å². The van der Waals surface area contributed by atoms with Gasteiger partial charge in [0.25, 0.3) is 5.69 Å². The monoisotopic (exact) mass is 224 g/mol. The number of benzene rings is 1. The fourth-order valence-corrected chi connectivity index (χ4v) is 1.40. The topological polar surface area (TPSA) is 75.4 Å². The van der Waals surface area contributed by atoms with E-state index in [9.17, 15) is 10.1 Å². The molecule has 0 radical (unpaired) electrons. The molecule has 16 heavy (non-hydrogen) atoms. The Balaban J connectivity index is 2.72. The lowest BCUT2D eigenvalue weighted by atomic mass is 10.0. The summed E-state index contributed by atoms with van der Waals surface area (Å²) >= 11 is 0. The lowest BCUT2D eigenvalue weighted by Gasteiger charge is -2.26. The molecule has 88 valence electrons. The fraction of sp³-hybridized carbons (Fsp3) is 0.455. The first-order chi connectivity index (χ1) is 7.44. The van der Waals surface area contributed by atoms with Crippen LogP contribution in [0.5, 0.6) is 0 Å². The highest BCUT2D eigenvalue weighted by Crippen LogP contribution is 2.20. The van der Waals surface area contributed by atoms with E-state index in [-0.39, 0.29) is 17.8 Å². The normalized spacial score (nSPS) is 11.2. The summed E-state index contributed by atoms with van der Waals surface area (Å²) in [5.74, 6) is 0. The summed E-state index contributed by atoms with van der Waals surface area (Å²) in [5.41, 5.74) is 0.653. The van der Waals surface area contributed by atoms with Crippen LogP contribution in [0, 0.1) is 10.1 Å². The zero-order chi connectivity index (χ0) is 12.2. The molecule has 0 aromatic heterocycles. The van der Waals surface area contributed by atoms with Crippen molar-refractivity contribution in [3.63, 3.8) is 0 Å². The molecule has 0 fully saturated rings. The fourth-order valence-electron chi connectivity index (χ4n) is 1.40. The van der Waals surface area contributed by atoms with Crippen LogP contribution in [-0.2, 0) is 0 Å². The Bertz CT molecular complexity index is 360. The molecule has 0 heterocycles. The van der Waals surface area contributed by atoms with Crippen molar-refractivity contribution in [2.24, 2.45) is 0 Å². The number of anilines is 1. The van der Waals surface area contributed by atoms with Gasteiger partial charge in [0.2, 0.25) is 0 Å². The summed E-state index contributed by atoms with van der Waals surface area (Å²) in [4.78, 5) is 10.0. The van der Waals surface area contributed by atoms with Gasteiger partial charge >= 0.3 is 0 Å². The molecule has 0 unspecified atom stereocenters. The van der Waals surface area contributed by atoms with Gasteiger partial charge in [-0.3, -0.25) is 10.1 Å². The number of hydrogen-bond donors (Lipinski definition) is 2. The van der Waals surface area contributed by atoms with Gasteiger partial charge in [0.1, 0.15) is 0 Å². The second-order valence-corrected chi connectivity index (χ2v) is 4.29. The second-order valence-electron chi connectivity index (χ2n) is 4.29. The maximum absolute atomic E-state index is 10.5. The van der Waals surface area contributed by atoms with Crippen molar-refractivity contribution in [2.75, 3.05) is 11.9 Å². The van der Waals surface area contributed by atoms with Gasteiger partial charge in [0.05, 0.1) is 4.92 Å². The van der Waals surface area contributed by atoms with Crippen LogP contribution in [0.1, 0.15) is 20.3 Å². The molecule has 0 saturated heterocycles. The number of aliphatic hydroxyl groups is 1. The molecule has 0 saturated carbocycles. The third kappa shape index (κ3) is 3.51. The highest BCUT2D eigenvalue weighted by atomic mass is 16.6. The first-order valence-electron chi connectivity index (χ1n) is 5.08. The largest absolute Gasteiger partial charge is 0.396 e. The van der Waals surface area contributed by atoms with E-state index in [1.165, 1.54) is 12.1 Å². The molecule has 5 nitrogen and oxygen atoms in total. The van der Waals surface area contributed by atoms with E-state index in [1.807, 2.05) is 13.8 Å². The van der Waals surface area contributed by atoms with Gasteiger partial charge in [-0.15, -0.1) is 0 Å². The van der Waals surface area contributed by atoms with Crippen LogP contribution in [0.2, 0.25) is 0 Å². The molecular formula is C11H16N2O3. The number of nitrogens with one attached hydrogen (secondary N) is 1. The number of nitrogens with zero attached hydrogens (tertiary/aromatic N) is 1. The maximum Gasteiger partial charge on any atom is 0.269 e. The van der Waals surface area contributed by atoms with Crippen molar-refractivity contribution in [3.05, 3.63) is 34.4 Å². The van der Waals surface area contributed by atoms with Crippen LogP contribution < -0.4 is 5.32 Å². The first kappa shape index (κ1) is 12.4. The quantitative estimate of drug-likeness (QED) is 0.593. The maximum atomic E-state index is 10.5. The van der Waals surface area contributed by atoms with Crippen molar-refractivity contribution < 1.29 is 10.0 Å². The van der Waals surface area contributed by atoms with E-state index in [2.05, 4.69) is 5.32 Å². The Labute approximate surface area is 94.3 Å². The second kappa shape index (κ2) is 4.94. The average Bonchev–Trinajstić information content (AvgIpc) is 2.17. The predicted octanol–water partition coefficient (Wildman–Crippen LogP) is 2.17. The summed E-state index contributed by atoms with van der Waals surface area (Å²) in [6, 6.07) is 6.24. The molecule has 1 aromatic rings. The molecule has 0 bridgehead atoms. The van der Waals surface area contributed by atoms with Gasteiger partial charge in [0, 0.05) is 30.0 Å².